The number of amides is 2. The average molecular weight is 794 g/mol. The molecular weight excluding hydrogens is 746 g/mol. The molecule has 15 heteroatoms. The van der Waals surface area contributed by atoms with Crippen molar-refractivity contribution in [3.8, 4) is 17.2 Å². The highest BCUT2D eigenvalue weighted by Gasteiger charge is 2.57. The Bertz CT molecular complexity index is 2320. The third-order valence-corrected chi connectivity index (χ3v) is 13.4. The van der Waals surface area contributed by atoms with Crippen molar-refractivity contribution in [2.45, 2.75) is 77.5 Å². The summed E-state index contributed by atoms with van der Waals surface area (Å²) in [6, 6.07) is 12.6. The number of aliphatic hydroxyl groups is 1. The van der Waals surface area contributed by atoms with Crippen LogP contribution in [0.2, 0.25) is 5.02 Å². The predicted molar refractivity (Wildman–Crippen MR) is 214 cm³/mol. The van der Waals surface area contributed by atoms with Crippen LogP contribution < -0.4 is 10.6 Å². The molecule has 0 spiro atoms. The van der Waals surface area contributed by atoms with Crippen LogP contribution in [-0.2, 0) is 44.8 Å². The van der Waals surface area contributed by atoms with Gasteiger partial charge in [-0.1, -0.05) is 35.9 Å². The molecule has 2 aliphatic heterocycles. The molecule has 2 fully saturated rings. The van der Waals surface area contributed by atoms with Crippen molar-refractivity contribution in [3.63, 3.8) is 0 Å². The van der Waals surface area contributed by atoms with E-state index in [1.165, 1.54) is 0 Å². The largest absolute Gasteiger partial charge is 0.481 e. The molecule has 1 unspecified atom stereocenters. The maximum atomic E-state index is 13.8. The molecule has 8 rings (SSSR count). The van der Waals surface area contributed by atoms with Gasteiger partial charge in [-0.3, -0.25) is 24.2 Å². The molecule has 0 radical (unpaired) electrons. The van der Waals surface area contributed by atoms with E-state index in [-0.39, 0.29) is 27.6 Å². The first kappa shape index (κ1) is 38.8. The average Bonchev–Trinajstić information content (AvgIpc) is 3.94. The minimum absolute atomic E-state index is 0.119. The molecule has 2 aromatic heterocycles. The summed E-state index contributed by atoms with van der Waals surface area (Å²) in [5.41, 5.74) is 5.10. The fourth-order valence-electron chi connectivity index (χ4n) is 9.84. The van der Waals surface area contributed by atoms with E-state index in [0.717, 1.165) is 87.4 Å². The van der Waals surface area contributed by atoms with Crippen molar-refractivity contribution in [3.05, 3.63) is 81.4 Å². The number of β-amino-alcohol motifs (C(OH)–C–C–N with tert-alkyl or cyclic N) is 1. The Morgan fingerprint density at radius 1 is 0.877 bits per heavy atom. The number of carbonyl (C=O) groups excluding carboxylic acids is 2. The number of nitriles is 1. The number of carboxylic acids is 1. The number of carboxylic acid groups (broad SMARTS) is 1. The molecule has 298 valence electrons. The Labute approximate surface area is 336 Å². The monoisotopic (exact) mass is 793 g/mol. The molecule has 4 N–H and O–H groups in total. The molecular formula is C42H48ClN9O5. The van der Waals surface area contributed by atoms with Gasteiger partial charge in [0, 0.05) is 82.2 Å². The minimum Gasteiger partial charge on any atom is -0.481 e. The van der Waals surface area contributed by atoms with Gasteiger partial charge in [0.2, 0.25) is 0 Å². The maximum Gasteiger partial charge on any atom is 0.309 e. The SMILES string of the molecule is CC(O)CN1CCc2c(nc(C(=O)Nc3cccc(-c4cccc(NC(=O)c5nc6c(n5C)CCN(CCC57CCC(C(=O)O)(CC5)C7)C6)c4Cl)c3C#N)n2C)C1. The summed E-state index contributed by atoms with van der Waals surface area (Å²) in [5.74, 6) is -1.00. The first-order valence-corrected chi connectivity index (χ1v) is 20.1. The van der Waals surface area contributed by atoms with E-state index in [9.17, 15) is 29.9 Å². The van der Waals surface area contributed by atoms with E-state index in [4.69, 9.17) is 16.6 Å². The van der Waals surface area contributed by atoms with Crippen molar-refractivity contribution in [1.82, 2.24) is 28.9 Å². The van der Waals surface area contributed by atoms with E-state index >= 15 is 0 Å². The van der Waals surface area contributed by atoms with E-state index in [1.54, 1.807) is 47.9 Å². The highest BCUT2D eigenvalue weighted by Crippen LogP contribution is 2.63. The lowest BCUT2D eigenvalue weighted by Crippen LogP contribution is -2.36. The number of anilines is 2. The number of aromatic nitrogens is 4. The van der Waals surface area contributed by atoms with Crippen LogP contribution in [0.15, 0.2) is 36.4 Å². The number of benzene rings is 2. The number of aliphatic carboxylic acids is 1. The third-order valence-electron chi connectivity index (χ3n) is 13.0. The van der Waals surface area contributed by atoms with Gasteiger partial charge in [-0.05, 0) is 69.5 Å². The Morgan fingerprint density at radius 3 is 2.02 bits per heavy atom. The second-order valence-electron chi connectivity index (χ2n) is 16.6. The predicted octanol–water partition coefficient (Wildman–Crippen LogP) is 5.37. The molecule has 2 aliphatic carbocycles. The van der Waals surface area contributed by atoms with E-state index in [0.29, 0.717) is 48.6 Å². The molecule has 4 aromatic rings. The van der Waals surface area contributed by atoms with Gasteiger partial charge in [0.25, 0.3) is 11.8 Å². The van der Waals surface area contributed by atoms with Gasteiger partial charge in [-0.2, -0.15) is 5.26 Å². The molecule has 0 saturated heterocycles. The van der Waals surface area contributed by atoms with Gasteiger partial charge >= 0.3 is 5.97 Å². The van der Waals surface area contributed by atoms with Gasteiger partial charge in [-0.25, -0.2) is 9.97 Å². The Morgan fingerprint density at radius 2 is 1.44 bits per heavy atom. The number of imidazole rings is 2. The topological polar surface area (TPSA) is 182 Å². The van der Waals surface area contributed by atoms with E-state index < -0.39 is 29.3 Å². The smallest absolute Gasteiger partial charge is 0.309 e. The summed E-state index contributed by atoms with van der Waals surface area (Å²) in [6.07, 6.45) is 6.27. The molecule has 2 amide bonds. The van der Waals surface area contributed by atoms with E-state index in [1.807, 2.05) is 18.7 Å². The van der Waals surface area contributed by atoms with Crippen molar-refractivity contribution in [1.29, 1.82) is 5.26 Å². The molecule has 2 aromatic carbocycles. The number of rotatable bonds is 11. The van der Waals surface area contributed by atoms with Crippen molar-refractivity contribution in [2.75, 3.05) is 36.8 Å². The zero-order valence-corrected chi connectivity index (χ0v) is 33.3. The highest BCUT2D eigenvalue weighted by atomic mass is 35.5. The van der Waals surface area contributed by atoms with Crippen LogP contribution in [0.3, 0.4) is 0 Å². The van der Waals surface area contributed by atoms with Crippen LogP contribution in [-0.4, -0.2) is 89.2 Å². The van der Waals surface area contributed by atoms with Gasteiger partial charge in [0.05, 0.1) is 44.9 Å². The minimum atomic E-state index is -0.637. The van der Waals surface area contributed by atoms with Gasteiger partial charge < -0.3 is 30.0 Å². The summed E-state index contributed by atoms with van der Waals surface area (Å²) >= 11 is 6.97. The fourth-order valence-corrected chi connectivity index (χ4v) is 10.1. The van der Waals surface area contributed by atoms with Crippen LogP contribution in [0.5, 0.6) is 0 Å². The highest BCUT2D eigenvalue weighted by molar-refractivity contribution is 6.36. The molecule has 14 nitrogen and oxygen atoms in total. The summed E-state index contributed by atoms with van der Waals surface area (Å²) < 4.78 is 3.63. The van der Waals surface area contributed by atoms with Crippen molar-refractivity contribution < 1.29 is 24.6 Å². The van der Waals surface area contributed by atoms with Crippen LogP contribution in [0.4, 0.5) is 11.4 Å². The number of nitrogens with zero attached hydrogens (tertiary/aromatic N) is 7. The Kier molecular flexibility index (Phi) is 10.2. The number of carbonyl (C=O) groups is 3. The maximum absolute atomic E-state index is 13.8. The lowest BCUT2D eigenvalue weighted by Gasteiger charge is -2.32. The Hall–Kier alpha value is -5.07. The first-order valence-electron chi connectivity index (χ1n) is 19.7. The second kappa shape index (κ2) is 15.0. The summed E-state index contributed by atoms with van der Waals surface area (Å²) in [4.78, 5) is 53.2. The summed E-state index contributed by atoms with van der Waals surface area (Å²) in [6.45, 7) is 5.90. The number of hydrogen-bond donors (Lipinski definition) is 4. The summed E-state index contributed by atoms with van der Waals surface area (Å²) in [5, 5.41) is 36.1. The van der Waals surface area contributed by atoms with Gasteiger partial charge in [0.15, 0.2) is 11.6 Å². The quantitative estimate of drug-likeness (QED) is 0.154. The normalized spacial score (nSPS) is 22.1. The van der Waals surface area contributed by atoms with E-state index in [2.05, 4.69) is 31.5 Å². The Balaban J connectivity index is 0.955. The lowest BCUT2D eigenvalue weighted by atomic mass is 9.80. The number of aliphatic hydroxyl groups excluding tert-OH is 1. The molecule has 1 atom stereocenters. The molecule has 57 heavy (non-hydrogen) atoms. The third kappa shape index (κ3) is 7.11. The zero-order chi connectivity index (χ0) is 40.2. The van der Waals surface area contributed by atoms with Crippen LogP contribution in [0.1, 0.15) is 95.0 Å². The van der Waals surface area contributed by atoms with Crippen molar-refractivity contribution in [2.24, 2.45) is 24.9 Å². The standard InChI is InChI=1S/C42H48ClN9O5/c1-25(53)21-52-18-11-34-32(23-52)46-36(50(34)3)38(54)47-29-8-4-6-26(28(29)20-44)27-7-5-9-30(35(27)43)48-39(55)37-45-31-22-51(17-10-33(31)49(37)2)19-16-41-12-14-42(24-41,15-13-41)40(56)57/h4-9,25,53H,10-19,21-24H2,1-3H3,(H,47,54)(H,48,55)(H,56,57). The summed E-state index contributed by atoms with van der Waals surface area (Å²) in [7, 11) is 3.66. The van der Waals surface area contributed by atoms with Crippen molar-refractivity contribution >= 4 is 40.8 Å². The first-order chi connectivity index (χ1) is 27.3. The number of fused-ring (bicyclic) bond motifs is 4. The van der Waals surface area contributed by atoms with Gasteiger partial charge in [0.1, 0.15) is 6.07 Å². The molecule has 4 aliphatic rings. The fraction of sp³-hybridized carbons (Fsp3) is 0.476. The number of halogens is 1. The molecule has 2 bridgehead atoms. The second-order valence-corrected chi connectivity index (χ2v) is 16.9. The number of hydrogen-bond acceptors (Lipinski definition) is 9. The zero-order valence-electron chi connectivity index (χ0n) is 32.6. The molecule has 4 heterocycles. The molecule has 2 saturated carbocycles. The van der Waals surface area contributed by atoms with Crippen LogP contribution in [0.25, 0.3) is 11.1 Å². The van der Waals surface area contributed by atoms with Crippen LogP contribution in [0, 0.1) is 22.2 Å². The van der Waals surface area contributed by atoms with Gasteiger partial charge in [-0.15, -0.1) is 0 Å². The van der Waals surface area contributed by atoms with Crippen LogP contribution >= 0.6 is 11.6 Å². The number of nitrogens with one attached hydrogen (secondary N) is 2. The lowest BCUT2D eigenvalue weighted by molar-refractivity contribution is -0.148.